The van der Waals surface area contributed by atoms with Crippen molar-refractivity contribution in [3.05, 3.63) is 23.9 Å². The van der Waals surface area contributed by atoms with Crippen molar-refractivity contribution in [2.75, 3.05) is 38.1 Å². The summed E-state index contributed by atoms with van der Waals surface area (Å²) in [6.07, 6.45) is 7.12. The fourth-order valence-corrected chi connectivity index (χ4v) is 3.32. The summed E-state index contributed by atoms with van der Waals surface area (Å²) in [5.41, 5.74) is 1.41. The third-order valence-corrected chi connectivity index (χ3v) is 4.64. The second kappa shape index (κ2) is 6.55. The highest BCUT2D eigenvalue weighted by atomic mass is 15.2. The first-order valence-electron chi connectivity index (χ1n) is 7.94. The van der Waals surface area contributed by atoms with Gasteiger partial charge < -0.3 is 10.2 Å². The lowest BCUT2D eigenvalue weighted by atomic mass is 10.0. The van der Waals surface area contributed by atoms with Crippen molar-refractivity contribution in [1.29, 1.82) is 0 Å². The van der Waals surface area contributed by atoms with Crippen LogP contribution < -0.4 is 10.2 Å². The van der Waals surface area contributed by atoms with Crippen LogP contribution in [0.3, 0.4) is 0 Å². The van der Waals surface area contributed by atoms with Gasteiger partial charge in [-0.25, -0.2) is 4.98 Å². The van der Waals surface area contributed by atoms with Gasteiger partial charge in [0.1, 0.15) is 5.82 Å². The Kier molecular flexibility index (Phi) is 4.53. The molecule has 2 aliphatic heterocycles. The van der Waals surface area contributed by atoms with Crippen molar-refractivity contribution in [3.63, 3.8) is 0 Å². The molecular formula is C16H26N4. The van der Waals surface area contributed by atoms with Gasteiger partial charge in [0, 0.05) is 31.9 Å². The van der Waals surface area contributed by atoms with Gasteiger partial charge in [0.2, 0.25) is 0 Å². The molecule has 110 valence electrons. The van der Waals surface area contributed by atoms with Gasteiger partial charge in [-0.15, -0.1) is 0 Å². The lowest BCUT2D eigenvalue weighted by Gasteiger charge is -2.31. The first-order valence-corrected chi connectivity index (χ1v) is 7.94. The molecule has 0 atom stereocenters. The van der Waals surface area contributed by atoms with E-state index in [2.05, 4.69) is 39.3 Å². The van der Waals surface area contributed by atoms with Crippen LogP contribution in [-0.4, -0.2) is 49.2 Å². The van der Waals surface area contributed by atoms with Crippen LogP contribution in [0.5, 0.6) is 0 Å². The Balaban J connectivity index is 1.58. The quantitative estimate of drug-likeness (QED) is 0.908. The predicted molar refractivity (Wildman–Crippen MR) is 83.0 cm³/mol. The molecule has 3 heterocycles. The molecule has 4 heteroatoms. The molecular weight excluding hydrogens is 248 g/mol. The third kappa shape index (κ3) is 3.30. The smallest absolute Gasteiger partial charge is 0.128 e. The van der Waals surface area contributed by atoms with Crippen molar-refractivity contribution in [2.45, 2.75) is 38.3 Å². The number of piperidine rings is 1. The van der Waals surface area contributed by atoms with Crippen LogP contribution in [0.2, 0.25) is 0 Å². The van der Waals surface area contributed by atoms with E-state index >= 15 is 0 Å². The van der Waals surface area contributed by atoms with Crippen molar-refractivity contribution in [2.24, 2.45) is 0 Å². The van der Waals surface area contributed by atoms with Gasteiger partial charge in [-0.2, -0.15) is 0 Å². The number of nitrogens with one attached hydrogen (secondary N) is 1. The highest BCUT2D eigenvalue weighted by Crippen LogP contribution is 2.20. The lowest BCUT2D eigenvalue weighted by Crippen LogP contribution is -2.40. The highest BCUT2D eigenvalue weighted by Gasteiger charge is 2.18. The number of likely N-dealkylation sites (tertiary alicyclic amines) is 1. The zero-order chi connectivity index (χ0) is 13.8. The molecule has 0 spiro atoms. The van der Waals surface area contributed by atoms with Crippen molar-refractivity contribution in [1.82, 2.24) is 15.2 Å². The molecule has 0 aromatic carbocycles. The molecule has 3 rings (SSSR count). The topological polar surface area (TPSA) is 31.4 Å². The van der Waals surface area contributed by atoms with Crippen LogP contribution in [-0.2, 0) is 6.54 Å². The van der Waals surface area contributed by atoms with Gasteiger partial charge in [-0.3, -0.25) is 4.90 Å². The second-order valence-electron chi connectivity index (χ2n) is 6.06. The Morgan fingerprint density at radius 3 is 2.65 bits per heavy atom. The first-order chi connectivity index (χ1) is 9.85. The molecule has 0 unspecified atom stereocenters. The molecule has 0 amide bonds. The zero-order valence-electron chi connectivity index (χ0n) is 12.5. The molecule has 0 radical (unpaired) electrons. The number of hydrogen-bond acceptors (Lipinski definition) is 4. The van der Waals surface area contributed by atoms with Crippen LogP contribution in [0.15, 0.2) is 18.3 Å². The largest absolute Gasteiger partial charge is 0.357 e. The molecule has 0 saturated carbocycles. The number of aromatic nitrogens is 1. The summed E-state index contributed by atoms with van der Waals surface area (Å²) in [5.74, 6) is 1.17. The molecule has 2 saturated heterocycles. The van der Waals surface area contributed by atoms with E-state index in [9.17, 15) is 0 Å². The van der Waals surface area contributed by atoms with E-state index in [0.29, 0.717) is 6.04 Å². The molecule has 2 fully saturated rings. The van der Waals surface area contributed by atoms with Crippen molar-refractivity contribution >= 4 is 5.82 Å². The Morgan fingerprint density at radius 1 is 1.20 bits per heavy atom. The van der Waals surface area contributed by atoms with E-state index in [4.69, 9.17) is 0 Å². The maximum Gasteiger partial charge on any atom is 0.128 e. The first kappa shape index (κ1) is 13.8. The summed E-state index contributed by atoms with van der Waals surface area (Å²) in [6.45, 7) is 5.81. The van der Waals surface area contributed by atoms with Gasteiger partial charge in [0.15, 0.2) is 0 Å². The lowest BCUT2D eigenvalue weighted by molar-refractivity contribution is 0.194. The fourth-order valence-electron chi connectivity index (χ4n) is 3.32. The summed E-state index contributed by atoms with van der Waals surface area (Å²) in [4.78, 5) is 9.52. The van der Waals surface area contributed by atoms with Crippen LogP contribution in [0.25, 0.3) is 0 Å². The molecule has 2 aliphatic rings. The van der Waals surface area contributed by atoms with Crippen LogP contribution in [0.1, 0.15) is 31.2 Å². The van der Waals surface area contributed by atoms with E-state index in [1.54, 1.807) is 0 Å². The number of pyridine rings is 1. The SMILES string of the molecule is CNC1CCN(Cc2ccnc(N3CCCC3)c2)CC1. The van der Waals surface area contributed by atoms with Crippen LogP contribution >= 0.6 is 0 Å². The van der Waals surface area contributed by atoms with Gasteiger partial charge in [0.05, 0.1) is 0 Å². The molecule has 0 bridgehead atoms. The minimum atomic E-state index is 0.712. The van der Waals surface area contributed by atoms with Gasteiger partial charge in [-0.05, 0) is 63.5 Å². The zero-order valence-corrected chi connectivity index (χ0v) is 12.5. The number of hydrogen-bond donors (Lipinski definition) is 1. The van der Waals surface area contributed by atoms with Gasteiger partial charge in [-0.1, -0.05) is 0 Å². The fraction of sp³-hybridized carbons (Fsp3) is 0.688. The molecule has 4 nitrogen and oxygen atoms in total. The maximum atomic E-state index is 4.54. The Hall–Kier alpha value is -1.13. The minimum Gasteiger partial charge on any atom is -0.357 e. The maximum absolute atomic E-state index is 4.54. The Bertz CT molecular complexity index is 420. The standard InChI is InChI=1S/C16H26N4/c1-17-15-5-10-19(11-6-15)13-14-4-7-18-16(12-14)20-8-2-3-9-20/h4,7,12,15,17H,2-3,5-6,8-11,13H2,1H3. The molecule has 1 aromatic heterocycles. The predicted octanol–water partition coefficient (Wildman–Crippen LogP) is 1.87. The molecule has 20 heavy (non-hydrogen) atoms. The van der Waals surface area contributed by atoms with E-state index < -0.39 is 0 Å². The summed E-state index contributed by atoms with van der Waals surface area (Å²) in [6, 6.07) is 5.17. The summed E-state index contributed by atoms with van der Waals surface area (Å²) in [5, 5.41) is 3.39. The summed E-state index contributed by atoms with van der Waals surface area (Å²) < 4.78 is 0. The van der Waals surface area contributed by atoms with E-state index in [1.165, 1.54) is 63.2 Å². The van der Waals surface area contributed by atoms with Crippen LogP contribution in [0, 0.1) is 0 Å². The summed E-state index contributed by atoms with van der Waals surface area (Å²) >= 11 is 0. The van der Waals surface area contributed by atoms with Crippen molar-refractivity contribution < 1.29 is 0 Å². The van der Waals surface area contributed by atoms with Crippen LogP contribution in [0.4, 0.5) is 5.82 Å². The minimum absolute atomic E-state index is 0.712. The molecule has 1 aromatic rings. The van der Waals surface area contributed by atoms with Crippen molar-refractivity contribution in [3.8, 4) is 0 Å². The van der Waals surface area contributed by atoms with E-state index in [-0.39, 0.29) is 0 Å². The van der Waals surface area contributed by atoms with Gasteiger partial charge in [0.25, 0.3) is 0 Å². The average Bonchev–Trinajstić information content (AvgIpc) is 3.03. The van der Waals surface area contributed by atoms with E-state index in [0.717, 1.165) is 6.54 Å². The normalized spacial score (nSPS) is 21.6. The monoisotopic (exact) mass is 274 g/mol. The van der Waals surface area contributed by atoms with Gasteiger partial charge >= 0.3 is 0 Å². The number of rotatable bonds is 4. The molecule has 1 N–H and O–H groups in total. The number of nitrogens with zero attached hydrogens (tertiary/aromatic N) is 3. The summed E-state index contributed by atoms with van der Waals surface area (Å²) in [7, 11) is 2.07. The highest BCUT2D eigenvalue weighted by molar-refractivity contribution is 5.41. The molecule has 0 aliphatic carbocycles. The average molecular weight is 274 g/mol. The Labute approximate surface area is 122 Å². The second-order valence-corrected chi connectivity index (χ2v) is 6.06. The van der Waals surface area contributed by atoms with E-state index in [1.807, 2.05) is 6.20 Å². The number of anilines is 1. The third-order valence-electron chi connectivity index (χ3n) is 4.64. The Morgan fingerprint density at radius 2 is 1.95 bits per heavy atom.